The molecule has 1 aromatic heterocycles. The van der Waals surface area contributed by atoms with Gasteiger partial charge in [-0.3, -0.25) is 9.89 Å². The van der Waals surface area contributed by atoms with Crippen LogP contribution in [0.4, 0.5) is 0 Å². The number of hydrogen-bond acceptors (Lipinski definition) is 4. The van der Waals surface area contributed by atoms with Gasteiger partial charge in [0.15, 0.2) is 0 Å². The highest BCUT2D eigenvalue weighted by Crippen LogP contribution is 2.43. The van der Waals surface area contributed by atoms with Crippen LogP contribution in [0.25, 0.3) is 11.3 Å². The maximum absolute atomic E-state index is 13.6. The van der Waals surface area contributed by atoms with E-state index in [0.29, 0.717) is 23.9 Å². The Kier molecular flexibility index (Phi) is 6.45. The zero-order valence-electron chi connectivity index (χ0n) is 20.6. The van der Waals surface area contributed by atoms with Crippen molar-refractivity contribution in [2.24, 2.45) is 0 Å². The Morgan fingerprint density at radius 2 is 1.86 bits per heavy atom. The average molecular weight is 514 g/mol. The molecule has 0 bridgehead atoms. The van der Waals surface area contributed by atoms with Crippen molar-refractivity contribution < 1.29 is 14.3 Å². The summed E-state index contributed by atoms with van der Waals surface area (Å²) < 4.78 is 11.9. The molecule has 6 rings (SSSR count). The van der Waals surface area contributed by atoms with Crippen LogP contribution in [-0.2, 0) is 11.3 Å². The van der Waals surface area contributed by atoms with E-state index in [-0.39, 0.29) is 18.1 Å². The number of hydrogen-bond donors (Lipinski definition) is 1. The lowest BCUT2D eigenvalue weighted by Gasteiger charge is -2.28. The Morgan fingerprint density at radius 3 is 2.59 bits per heavy atom. The number of carbonyl (C=O) groups excluding carboxylic acids is 1. The predicted octanol–water partition coefficient (Wildman–Crippen LogP) is 6.34. The number of nitrogens with one attached hydrogen (secondary N) is 1. The van der Waals surface area contributed by atoms with Gasteiger partial charge in [0.25, 0.3) is 5.91 Å². The summed E-state index contributed by atoms with van der Waals surface area (Å²) in [6.45, 7) is 3.74. The number of nitrogens with zero attached hydrogens (tertiary/aromatic N) is 2. The average Bonchev–Trinajstić information content (AvgIpc) is 3.64. The molecule has 0 spiro atoms. The third-order valence-corrected chi connectivity index (χ3v) is 7.53. The molecule has 2 aliphatic rings. The summed E-state index contributed by atoms with van der Waals surface area (Å²) >= 11 is 6.28. The van der Waals surface area contributed by atoms with Crippen LogP contribution in [0.1, 0.15) is 51.6 Å². The van der Waals surface area contributed by atoms with Gasteiger partial charge in [-0.25, -0.2) is 0 Å². The molecule has 4 aromatic rings. The molecule has 1 N–H and O–H groups in total. The molecule has 1 amide bonds. The maximum Gasteiger partial charge on any atom is 0.273 e. The molecule has 0 saturated carbocycles. The van der Waals surface area contributed by atoms with Crippen LogP contribution in [0.2, 0.25) is 5.02 Å². The molecule has 0 radical (unpaired) electrons. The van der Waals surface area contributed by atoms with Gasteiger partial charge in [0, 0.05) is 34.9 Å². The number of halogens is 1. The van der Waals surface area contributed by atoms with Crippen molar-refractivity contribution in [2.75, 3.05) is 13.2 Å². The SMILES string of the molecule is Cc1ccc(-c2n[nH]c3c2C(c2ccc(OCc4ccccc4Cl)cc2)N(CC2CCCO2)C3=O)cc1. The van der Waals surface area contributed by atoms with E-state index in [9.17, 15) is 4.79 Å². The van der Waals surface area contributed by atoms with Gasteiger partial charge in [-0.15, -0.1) is 0 Å². The van der Waals surface area contributed by atoms with Crippen molar-refractivity contribution in [3.05, 3.63) is 106 Å². The lowest BCUT2D eigenvalue weighted by Crippen LogP contribution is -2.36. The number of fused-ring (bicyclic) bond motifs is 1. The summed E-state index contributed by atoms with van der Waals surface area (Å²) in [5, 5.41) is 8.30. The number of carbonyl (C=O) groups is 1. The molecule has 2 atom stereocenters. The Labute approximate surface area is 221 Å². The summed E-state index contributed by atoms with van der Waals surface area (Å²) in [5.41, 5.74) is 6.38. The van der Waals surface area contributed by atoms with Crippen LogP contribution in [0.3, 0.4) is 0 Å². The number of aromatic nitrogens is 2. The second-order valence-electron chi connectivity index (χ2n) is 9.67. The lowest BCUT2D eigenvalue weighted by molar-refractivity contribution is 0.0495. The quantitative estimate of drug-likeness (QED) is 0.313. The second-order valence-corrected chi connectivity index (χ2v) is 10.1. The molecule has 2 unspecified atom stereocenters. The van der Waals surface area contributed by atoms with Crippen molar-refractivity contribution in [3.8, 4) is 17.0 Å². The molecule has 0 aliphatic carbocycles. The van der Waals surface area contributed by atoms with Crippen molar-refractivity contribution in [1.82, 2.24) is 15.1 Å². The fourth-order valence-electron chi connectivity index (χ4n) is 5.19. The van der Waals surface area contributed by atoms with Gasteiger partial charge < -0.3 is 14.4 Å². The minimum atomic E-state index is -0.264. The standard InChI is InChI=1S/C30H28ClN3O3/c1-19-8-10-20(11-9-19)27-26-28(33-32-27)30(35)34(17-24-6-4-16-36-24)29(26)21-12-14-23(15-13-21)37-18-22-5-2-3-7-25(22)31/h2-3,5,7-15,24,29H,4,6,16-18H2,1H3,(H,32,33). The molecule has 1 saturated heterocycles. The molecule has 3 heterocycles. The Morgan fingerprint density at radius 1 is 1.08 bits per heavy atom. The maximum atomic E-state index is 13.6. The summed E-state index contributed by atoms with van der Waals surface area (Å²) in [4.78, 5) is 15.5. The van der Waals surface area contributed by atoms with Crippen LogP contribution in [0.5, 0.6) is 5.75 Å². The first-order valence-corrected chi connectivity index (χ1v) is 13.0. The van der Waals surface area contributed by atoms with Crippen LogP contribution in [0, 0.1) is 6.92 Å². The largest absolute Gasteiger partial charge is 0.489 e. The van der Waals surface area contributed by atoms with Crippen LogP contribution in [-0.4, -0.2) is 40.3 Å². The first kappa shape index (κ1) is 23.8. The molecule has 188 valence electrons. The number of ether oxygens (including phenoxy) is 2. The molecule has 1 fully saturated rings. The first-order chi connectivity index (χ1) is 18.1. The van der Waals surface area contributed by atoms with Crippen LogP contribution in [0.15, 0.2) is 72.8 Å². The second kappa shape index (κ2) is 10.0. The lowest BCUT2D eigenvalue weighted by atomic mass is 9.95. The fraction of sp³-hybridized carbons (Fsp3) is 0.267. The third kappa shape index (κ3) is 4.63. The van der Waals surface area contributed by atoms with Crippen molar-refractivity contribution >= 4 is 17.5 Å². The van der Waals surface area contributed by atoms with Gasteiger partial charge >= 0.3 is 0 Å². The van der Waals surface area contributed by atoms with E-state index in [0.717, 1.165) is 53.1 Å². The van der Waals surface area contributed by atoms with Crippen molar-refractivity contribution in [1.29, 1.82) is 0 Å². The topological polar surface area (TPSA) is 67.4 Å². The van der Waals surface area contributed by atoms with Gasteiger partial charge in [-0.2, -0.15) is 5.10 Å². The first-order valence-electron chi connectivity index (χ1n) is 12.6. The van der Waals surface area contributed by atoms with Gasteiger partial charge in [0.05, 0.1) is 17.8 Å². The summed E-state index contributed by atoms with van der Waals surface area (Å²) in [7, 11) is 0. The van der Waals surface area contributed by atoms with Crippen molar-refractivity contribution in [3.63, 3.8) is 0 Å². The van der Waals surface area contributed by atoms with Crippen molar-refractivity contribution in [2.45, 2.75) is 38.5 Å². The Bertz CT molecular complexity index is 1410. The predicted molar refractivity (Wildman–Crippen MR) is 143 cm³/mol. The molecule has 3 aromatic carbocycles. The highest BCUT2D eigenvalue weighted by molar-refractivity contribution is 6.31. The zero-order chi connectivity index (χ0) is 25.4. The number of benzene rings is 3. The molecular weight excluding hydrogens is 486 g/mol. The number of aromatic amines is 1. The number of amides is 1. The highest BCUT2D eigenvalue weighted by atomic mass is 35.5. The van der Waals surface area contributed by atoms with Crippen LogP contribution < -0.4 is 4.74 Å². The van der Waals surface area contributed by atoms with Gasteiger partial charge in [-0.05, 0) is 43.5 Å². The minimum absolute atomic E-state index is 0.0413. The zero-order valence-corrected chi connectivity index (χ0v) is 21.4. The van der Waals surface area contributed by atoms with E-state index in [1.165, 1.54) is 5.56 Å². The Balaban J connectivity index is 1.32. The van der Waals surface area contributed by atoms with E-state index < -0.39 is 0 Å². The molecular formula is C30H28ClN3O3. The van der Waals surface area contributed by atoms with E-state index in [4.69, 9.17) is 21.1 Å². The third-order valence-electron chi connectivity index (χ3n) is 7.16. The van der Waals surface area contributed by atoms with E-state index in [1.54, 1.807) is 0 Å². The molecule has 2 aliphatic heterocycles. The number of H-pyrrole nitrogens is 1. The number of aryl methyl sites for hydroxylation is 1. The fourth-order valence-corrected chi connectivity index (χ4v) is 5.38. The molecule has 7 heteroatoms. The number of rotatable bonds is 7. The molecule has 37 heavy (non-hydrogen) atoms. The monoisotopic (exact) mass is 513 g/mol. The normalized spacial score (nSPS) is 18.9. The van der Waals surface area contributed by atoms with E-state index >= 15 is 0 Å². The molecule has 6 nitrogen and oxygen atoms in total. The summed E-state index contributed by atoms with van der Waals surface area (Å²) in [5.74, 6) is 0.699. The highest BCUT2D eigenvalue weighted by Gasteiger charge is 2.43. The van der Waals surface area contributed by atoms with E-state index in [2.05, 4.69) is 41.4 Å². The Hall–Kier alpha value is -3.61. The van der Waals surface area contributed by atoms with Crippen LogP contribution >= 0.6 is 11.6 Å². The van der Waals surface area contributed by atoms with Gasteiger partial charge in [0.1, 0.15) is 18.1 Å². The van der Waals surface area contributed by atoms with Gasteiger partial charge in [-0.1, -0.05) is 71.8 Å². The van der Waals surface area contributed by atoms with E-state index in [1.807, 2.05) is 53.4 Å². The minimum Gasteiger partial charge on any atom is -0.489 e. The smallest absolute Gasteiger partial charge is 0.273 e. The summed E-state index contributed by atoms with van der Waals surface area (Å²) in [6, 6.07) is 23.6. The van der Waals surface area contributed by atoms with Gasteiger partial charge in [0.2, 0.25) is 0 Å². The summed E-state index contributed by atoms with van der Waals surface area (Å²) in [6.07, 6.45) is 2.03.